The maximum atomic E-state index is 12.1. The Morgan fingerprint density at radius 1 is 1.32 bits per heavy atom. The van der Waals surface area contributed by atoms with E-state index in [4.69, 9.17) is 5.11 Å². The van der Waals surface area contributed by atoms with Crippen LogP contribution in [0.3, 0.4) is 0 Å². The summed E-state index contributed by atoms with van der Waals surface area (Å²) in [5.41, 5.74) is 1.03. The molecule has 1 amide bonds. The number of nitrogens with one attached hydrogen (secondary N) is 1. The average Bonchev–Trinajstić information content (AvgIpc) is 2.36. The minimum atomic E-state index is -1.33. The monoisotopic (exact) mass is 505 g/mol. The summed E-state index contributed by atoms with van der Waals surface area (Å²) in [6.45, 7) is 0. The van der Waals surface area contributed by atoms with E-state index in [-0.39, 0.29) is 11.8 Å². The number of thiol groups is 1. The van der Waals surface area contributed by atoms with Gasteiger partial charge in [-0.25, -0.2) is 4.79 Å². The fourth-order valence-corrected chi connectivity index (χ4v) is 2.28. The van der Waals surface area contributed by atoms with Crippen LogP contribution >= 0.6 is 57.8 Å². The molecule has 1 aromatic carbocycles. The molecule has 1 atom stereocenters. The molecule has 1 unspecified atom stereocenters. The summed E-state index contributed by atoms with van der Waals surface area (Å²) in [6.07, 6.45) is 0.541. The van der Waals surface area contributed by atoms with Gasteiger partial charge in [-0.1, -0.05) is 30.3 Å². The van der Waals surface area contributed by atoms with Crippen molar-refractivity contribution in [3.8, 4) is 0 Å². The molecule has 0 bridgehead atoms. The zero-order valence-electron chi connectivity index (χ0n) is 9.85. The molecule has 0 aliphatic heterocycles. The van der Waals surface area contributed by atoms with Gasteiger partial charge in [0.2, 0.25) is 7.46 Å². The quantitative estimate of drug-likeness (QED) is 0.241. The number of hydrogen-bond acceptors (Lipinski definition) is 3. The lowest BCUT2D eigenvalue weighted by Gasteiger charge is -2.21. The van der Waals surface area contributed by atoms with Crippen LogP contribution in [0.25, 0.3) is 0 Å². The van der Waals surface area contributed by atoms with Crippen LogP contribution < -0.4 is 5.32 Å². The smallest absolute Gasteiger partial charge is 0.350 e. The highest BCUT2D eigenvalue weighted by Gasteiger charge is 2.35. The van der Waals surface area contributed by atoms with Crippen molar-refractivity contribution in [3.05, 3.63) is 35.9 Å². The Hall–Kier alpha value is -0.0300. The Morgan fingerprint density at radius 2 is 1.89 bits per heavy atom. The van der Waals surface area contributed by atoms with E-state index in [1.165, 1.54) is 0 Å². The molecule has 1 aromatic rings. The lowest BCUT2D eigenvalue weighted by Crippen LogP contribution is -2.47. The Bertz CT molecular complexity index is 454. The van der Waals surface area contributed by atoms with E-state index in [0.29, 0.717) is 12.2 Å². The van der Waals surface area contributed by atoms with Crippen LogP contribution in [0, 0.1) is 5.92 Å². The molecular formula is C12H13I2NO3S. The first-order valence-electron chi connectivity index (χ1n) is 5.45. The summed E-state index contributed by atoms with van der Waals surface area (Å²) in [4.78, 5) is 23.0. The summed E-state index contributed by atoms with van der Waals surface area (Å²) in [5.74, 6) is -1.37. The van der Waals surface area contributed by atoms with Crippen LogP contribution in [0.1, 0.15) is 5.56 Å². The zero-order chi connectivity index (χ0) is 14.5. The van der Waals surface area contributed by atoms with Gasteiger partial charge < -0.3 is 10.4 Å². The summed E-state index contributed by atoms with van der Waals surface area (Å²) in [7, 11) is 0. The third-order valence-electron chi connectivity index (χ3n) is 2.46. The summed E-state index contributed by atoms with van der Waals surface area (Å²) in [6, 6.07) is 9.58. The normalized spacial score (nSPS) is 12.8. The topological polar surface area (TPSA) is 66.4 Å². The first kappa shape index (κ1) is 17.0. The largest absolute Gasteiger partial charge is 0.478 e. The summed E-state index contributed by atoms with van der Waals surface area (Å²) < 4.78 is -1.33. The molecule has 0 spiro atoms. The van der Waals surface area contributed by atoms with Gasteiger partial charge in [0.1, 0.15) is 0 Å². The highest BCUT2D eigenvalue weighted by atomic mass is 127. The number of aliphatic carboxylic acids is 1. The zero-order valence-corrected chi connectivity index (χ0v) is 15.1. The van der Waals surface area contributed by atoms with Crippen molar-refractivity contribution in [1.29, 1.82) is 0 Å². The molecular weight excluding hydrogens is 492 g/mol. The molecule has 0 aromatic heterocycles. The van der Waals surface area contributed by atoms with Crippen LogP contribution in [0.4, 0.5) is 0 Å². The van der Waals surface area contributed by atoms with Crippen LogP contribution in [0.15, 0.2) is 30.3 Å². The van der Waals surface area contributed by atoms with E-state index in [2.05, 4.69) is 17.9 Å². The number of hydrogen-bond donors (Lipinski definition) is 3. The van der Waals surface area contributed by atoms with Gasteiger partial charge in [0.25, 0.3) is 0 Å². The van der Waals surface area contributed by atoms with Crippen LogP contribution in [0.5, 0.6) is 0 Å². The van der Waals surface area contributed by atoms with Crippen molar-refractivity contribution in [2.75, 3.05) is 5.75 Å². The van der Waals surface area contributed by atoms with E-state index in [9.17, 15) is 9.59 Å². The SMILES string of the molecule is O=C(NC(I)(I)C(=O)O)C(CS)Cc1ccccc1. The lowest BCUT2D eigenvalue weighted by molar-refractivity contribution is -0.139. The second kappa shape index (κ2) is 7.67. The number of rotatable bonds is 6. The molecule has 0 radical (unpaired) electrons. The van der Waals surface area contributed by atoms with E-state index >= 15 is 0 Å². The minimum Gasteiger partial charge on any atom is -0.478 e. The van der Waals surface area contributed by atoms with E-state index in [0.717, 1.165) is 5.56 Å². The molecule has 0 fully saturated rings. The van der Waals surface area contributed by atoms with Crippen LogP contribution in [0.2, 0.25) is 0 Å². The minimum absolute atomic E-state index is 0.301. The first-order valence-corrected chi connectivity index (χ1v) is 8.24. The standard InChI is InChI=1S/C12H13I2NO3S/c13-12(14,11(17)18)15-10(16)9(7-19)6-8-4-2-1-3-5-8/h1-5,9,19H,6-7H2,(H,15,16)(H,17,18). The van der Waals surface area contributed by atoms with Gasteiger partial charge in [0.05, 0.1) is 5.92 Å². The van der Waals surface area contributed by atoms with Gasteiger partial charge in [-0.2, -0.15) is 12.6 Å². The molecule has 4 nitrogen and oxygen atoms in total. The summed E-state index contributed by atoms with van der Waals surface area (Å²) >= 11 is 7.56. The van der Waals surface area contributed by atoms with Gasteiger partial charge in [-0.15, -0.1) is 0 Å². The number of alkyl halides is 2. The number of carboxylic acid groups (broad SMARTS) is 1. The van der Waals surface area contributed by atoms with Crippen molar-refractivity contribution in [3.63, 3.8) is 0 Å². The van der Waals surface area contributed by atoms with Crippen molar-refractivity contribution in [2.24, 2.45) is 5.92 Å². The maximum absolute atomic E-state index is 12.1. The Balaban J connectivity index is 2.70. The molecule has 0 saturated carbocycles. The highest BCUT2D eigenvalue weighted by Crippen LogP contribution is 2.25. The molecule has 0 heterocycles. The molecule has 19 heavy (non-hydrogen) atoms. The number of carbonyl (C=O) groups excluding carboxylic acids is 1. The Morgan fingerprint density at radius 3 is 2.37 bits per heavy atom. The number of halogens is 2. The molecule has 0 saturated heterocycles. The van der Waals surface area contributed by atoms with Crippen LogP contribution in [-0.4, -0.2) is 24.3 Å². The van der Waals surface area contributed by atoms with Gasteiger partial charge in [-0.3, -0.25) is 4.79 Å². The number of carbonyl (C=O) groups is 2. The third kappa shape index (κ3) is 5.46. The number of carboxylic acids is 1. The average molecular weight is 505 g/mol. The molecule has 0 aliphatic carbocycles. The number of benzene rings is 1. The van der Waals surface area contributed by atoms with Gasteiger partial charge in [0.15, 0.2) is 0 Å². The molecule has 7 heteroatoms. The maximum Gasteiger partial charge on any atom is 0.350 e. The predicted octanol–water partition coefficient (Wildman–Crippen LogP) is 2.50. The Labute approximate surface area is 144 Å². The van der Waals surface area contributed by atoms with E-state index < -0.39 is 7.52 Å². The lowest BCUT2D eigenvalue weighted by atomic mass is 10.0. The second-order valence-electron chi connectivity index (χ2n) is 3.94. The van der Waals surface area contributed by atoms with Gasteiger partial charge in [-0.05, 0) is 57.2 Å². The fraction of sp³-hybridized carbons (Fsp3) is 0.333. The van der Waals surface area contributed by atoms with E-state index in [1.54, 1.807) is 45.2 Å². The molecule has 0 aliphatic rings. The van der Waals surface area contributed by atoms with Gasteiger partial charge >= 0.3 is 5.97 Å². The van der Waals surface area contributed by atoms with Crippen molar-refractivity contribution in [1.82, 2.24) is 5.32 Å². The predicted molar refractivity (Wildman–Crippen MR) is 94.0 cm³/mol. The van der Waals surface area contributed by atoms with Gasteiger partial charge in [0, 0.05) is 5.75 Å². The Kier molecular flexibility index (Phi) is 6.87. The van der Waals surface area contributed by atoms with Crippen LogP contribution in [-0.2, 0) is 16.0 Å². The first-order chi connectivity index (χ1) is 8.86. The second-order valence-corrected chi connectivity index (χ2v) is 9.60. The molecule has 2 N–H and O–H groups in total. The summed E-state index contributed by atoms with van der Waals surface area (Å²) in [5, 5.41) is 11.5. The van der Waals surface area contributed by atoms with Crippen molar-refractivity contribution >= 4 is 69.7 Å². The third-order valence-corrected chi connectivity index (χ3v) is 4.37. The number of amides is 1. The van der Waals surface area contributed by atoms with E-state index in [1.807, 2.05) is 30.3 Å². The molecule has 1 rings (SSSR count). The molecule has 104 valence electrons. The fourth-order valence-electron chi connectivity index (χ4n) is 1.45. The van der Waals surface area contributed by atoms with Crippen molar-refractivity contribution < 1.29 is 14.7 Å². The highest BCUT2D eigenvalue weighted by molar-refractivity contribution is 14.2. The van der Waals surface area contributed by atoms with Crippen molar-refractivity contribution in [2.45, 2.75) is 7.97 Å².